The number of rotatable bonds is 3. The SMILES string of the molecule is Cn1cc(Cn2cccc2C(N)=S)cn1. The molecule has 0 saturated carbocycles. The number of aromatic nitrogens is 3. The van der Waals surface area contributed by atoms with Crippen LogP contribution >= 0.6 is 12.2 Å². The Balaban J connectivity index is 2.24. The fourth-order valence-electron chi connectivity index (χ4n) is 1.53. The van der Waals surface area contributed by atoms with E-state index in [1.165, 1.54) is 0 Å². The summed E-state index contributed by atoms with van der Waals surface area (Å²) in [6.45, 7) is 0.744. The molecule has 2 N–H and O–H groups in total. The predicted octanol–water partition coefficient (Wildman–Crippen LogP) is 0.904. The van der Waals surface area contributed by atoms with E-state index in [0.717, 1.165) is 17.8 Å². The first kappa shape index (κ1) is 9.92. The molecule has 0 saturated heterocycles. The monoisotopic (exact) mass is 220 g/mol. The van der Waals surface area contributed by atoms with Crippen LogP contribution in [0.3, 0.4) is 0 Å². The summed E-state index contributed by atoms with van der Waals surface area (Å²) in [4.78, 5) is 0.420. The molecule has 2 rings (SSSR count). The van der Waals surface area contributed by atoms with E-state index in [-0.39, 0.29) is 0 Å². The van der Waals surface area contributed by atoms with Crippen LogP contribution in [0.15, 0.2) is 30.7 Å². The van der Waals surface area contributed by atoms with E-state index in [9.17, 15) is 0 Å². The molecule has 0 aliphatic carbocycles. The second kappa shape index (κ2) is 3.86. The lowest BCUT2D eigenvalue weighted by Gasteiger charge is -2.05. The molecule has 0 unspecified atom stereocenters. The van der Waals surface area contributed by atoms with Gasteiger partial charge in [-0.15, -0.1) is 0 Å². The van der Waals surface area contributed by atoms with Gasteiger partial charge in [0.15, 0.2) is 0 Å². The Bertz CT molecular complexity index is 483. The van der Waals surface area contributed by atoms with Gasteiger partial charge in [0.1, 0.15) is 4.99 Å². The molecule has 0 bridgehead atoms. The molecule has 0 atom stereocenters. The lowest BCUT2D eigenvalue weighted by Crippen LogP contribution is -2.15. The first-order chi connectivity index (χ1) is 7.16. The van der Waals surface area contributed by atoms with Gasteiger partial charge in [-0.05, 0) is 12.1 Å². The summed E-state index contributed by atoms with van der Waals surface area (Å²) in [7, 11) is 1.90. The van der Waals surface area contributed by atoms with E-state index < -0.39 is 0 Å². The van der Waals surface area contributed by atoms with E-state index in [1.54, 1.807) is 4.68 Å². The molecular weight excluding hydrogens is 208 g/mol. The number of hydrogen-bond donors (Lipinski definition) is 1. The minimum Gasteiger partial charge on any atom is -0.388 e. The smallest absolute Gasteiger partial charge is 0.120 e. The fourth-order valence-corrected chi connectivity index (χ4v) is 1.71. The average molecular weight is 220 g/mol. The van der Waals surface area contributed by atoms with Gasteiger partial charge in [0.25, 0.3) is 0 Å². The molecule has 0 fully saturated rings. The summed E-state index contributed by atoms with van der Waals surface area (Å²) in [5, 5.41) is 4.11. The van der Waals surface area contributed by atoms with Crippen molar-refractivity contribution in [3.05, 3.63) is 42.0 Å². The Morgan fingerprint density at radius 1 is 1.60 bits per heavy atom. The second-order valence-corrected chi connectivity index (χ2v) is 3.85. The topological polar surface area (TPSA) is 48.8 Å². The Labute approximate surface area is 93.3 Å². The Hall–Kier alpha value is -1.62. The van der Waals surface area contributed by atoms with Crippen molar-refractivity contribution in [1.29, 1.82) is 0 Å². The molecule has 0 amide bonds. The van der Waals surface area contributed by atoms with Gasteiger partial charge in [-0.25, -0.2) is 0 Å². The van der Waals surface area contributed by atoms with Crippen LogP contribution in [0.2, 0.25) is 0 Å². The van der Waals surface area contributed by atoms with E-state index >= 15 is 0 Å². The van der Waals surface area contributed by atoms with Crippen LogP contribution < -0.4 is 5.73 Å². The fraction of sp³-hybridized carbons (Fsp3) is 0.200. The molecule has 5 heteroatoms. The Morgan fingerprint density at radius 2 is 2.40 bits per heavy atom. The van der Waals surface area contributed by atoms with Gasteiger partial charge in [0, 0.05) is 25.0 Å². The highest BCUT2D eigenvalue weighted by molar-refractivity contribution is 7.80. The molecule has 4 nitrogen and oxygen atoms in total. The average Bonchev–Trinajstić information content (AvgIpc) is 2.75. The number of aryl methyl sites for hydroxylation is 1. The van der Waals surface area contributed by atoms with Crippen molar-refractivity contribution in [3.8, 4) is 0 Å². The lowest BCUT2D eigenvalue weighted by molar-refractivity contribution is 0.762. The van der Waals surface area contributed by atoms with Crippen LogP contribution in [0.4, 0.5) is 0 Å². The summed E-state index contributed by atoms with van der Waals surface area (Å²) in [5.74, 6) is 0. The lowest BCUT2D eigenvalue weighted by atomic mass is 10.3. The Morgan fingerprint density at radius 3 is 3.00 bits per heavy atom. The van der Waals surface area contributed by atoms with Crippen molar-refractivity contribution in [3.63, 3.8) is 0 Å². The summed E-state index contributed by atoms with van der Waals surface area (Å²) in [6, 6.07) is 3.85. The second-order valence-electron chi connectivity index (χ2n) is 3.41. The molecule has 2 heterocycles. The minimum atomic E-state index is 0.420. The van der Waals surface area contributed by atoms with E-state index in [2.05, 4.69) is 5.10 Å². The maximum Gasteiger partial charge on any atom is 0.120 e. The first-order valence-corrected chi connectivity index (χ1v) is 5.00. The molecule has 15 heavy (non-hydrogen) atoms. The third-order valence-electron chi connectivity index (χ3n) is 2.19. The summed E-state index contributed by atoms with van der Waals surface area (Å²) in [6.07, 6.45) is 5.77. The van der Waals surface area contributed by atoms with Gasteiger partial charge in [0.2, 0.25) is 0 Å². The molecule has 0 spiro atoms. The van der Waals surface area contributed by atoms with E-state index in [1.807, 2.05) is 42.3 Å². The molecule has 0 radical (unpaired) electrons. The van der Waals surface area contributed by atoms with Crippen LogP contribution in [-0.2, 0) is 13.6 Å². The highest BCUT2D eigenvalue weighted by Gasteiger charge is 2.04. The maximum absolute atomic E-state index is 5.61. The van der Waals surface area contributed by atoms with Crippen LogP contribution in [0.5, 0.6) is 0 Å². The van der Waals surface area contributed by atoms with Crippen LogP contribution in [0.1, 0.15) is 11.3 Å². The normalized spacial score (nSPS) is 10.5. The standard InChI is InChI=1S/C10H12N4S/c1-13-6-8(5-12-13)7-14-4-2-3-9(14)10(11)15/h2-6H,7H2,1H3,(H2,11,15). The molecule has 0 aliphatic rings. The number of nitrogens with two attached hydrogens (primary N) is 1. The Kier molecular flexibility index (Phi) is 2.55. The van der Waals surface area contributed by atoms with Gasteiger partial charge in [-0.2, -0.15) is 5.10 Å². The van der Waals surface area contributed by atoms with Crippen molar-refractivity contribution >= 4 is 17.2 Å². The van der Waals surface area contributed by atoms with Gasteiger partial charge in [-0.1, -0.05) is 12.2 Å². The van der Waals surface area contributed by atoms with Crippen LogP contribution in [0.25, 0.3) is 0 Å². The molecule has 0 aromatic carbocycles. The third kappa shape index (κ3) is 2.07. The zero-order valence-corrected chi connectivity index (χ0v) is 9.24. The zero-order chi connectivity index (χ0) is 10.8. The minimum absolute atomic E-state index is 0.420. The molecular formula is C10H12N4S. The zero-order valence-electron chi connectivity index (χ0n) is 8.42. The molecule has 0 aliphatic heterocycles. The summed E-state index contributed by atoms with van der Waals surface area (Å²) < 4.78 is 3.79. The largest absolute Gasteiger partial charge is 0.388 e. The first-order valence-electron chi connectivity index (χ1n) is 4.59. The number of nitrogens with zero attached hydrogens (tertiary/aromatic N) is 3. The summed E-state index contributed by atoms with van der Waals surface area (Å²) in [5.41, 5.74) is 7.62. The highest BCUT2D eigenvalue weighted by Crippen LogP contribution is 2.06. The highest BCUT2D eigenvalue weighted by atomic mass is 32.1. The van der Waals surface area contributed by atoms with Gasteiger partial charge < -0.3 is 10.3 Å². The van der Waals surface area contributed by atoms with Gasteiger partial charge in [0.05, 0.1) is 18.4 Å². The van der Waals surface area contributed by atoms with Crippen LogP contribution in [0, 0.1) is 0 Å². The molecule has 78 valence electrons. The van der Waals surface area contributed by atoms with Crippen molar-refractivity contribution < 1.29 is 0 Å². The van der Waals surface area contributed by atoms with Crippen molar-refractivity contribution in [2.45, 2.75) is 6.54 Å². The molecule has 2 aromatic heterocycles. The van der Waals surface area contributed by atoms with E-state index in [4.69, 9.17) is 18.0 Å². The van der Waals surface area contributed by atoms with E-state index in [0.29, 0.717) is 4.99 Å². The van der Waals surface area contributed by atoms with Crippen LogP contribution in [-0.4, -0.2) is 19.3 Å². The van der Waals surface area contributed by atoms with Crippen molar-refractivity contribution in [2.75, 3.05) is 0 Å². The maximum atomic E-state index is 5.61. The van der Waals surface area contributed by atoms with Crippen molar-refractivity contribution in [1.82, 2.24) is 14.3 Å². The van der Waals surface area contributed by atoms with Gasteiger partial charge >= 0.3 is 0 Å². The quantitative estimate of drug-likeness (QED) is 0.782. The number of thiocarbonyl (C=S) groups is 1. The van der Waals surface area contributed by atoms with Crippen molar-refractivity contribution in [2.24, 2.45) is 12.8 Å². The predicted molar refractivity (Wildman–Crippen MR) is 62.6 cm³/mol. The van der Waals surface area contributed by atoms with Gasteiger partial charge in [-0.3, -0.25) is 4.68 Å². The third-order valence-corrected chi connectivity index (χ3v) is 2.40. The summed E-state index contributed by atoms with van der Waals surface area (Å²) >= 11 is 4.96. The molecule has 2 aromatic rings. The number of hydrogen-bond acceptors (Lipinski definition) is 2.